The van der Waals surface area contributed by atoms with Crippen LogP contribution < -0.4 is 0 Å². The van der Waals surface area contributed by atoms with E-state index < -0.39 is 0 Å². The van der Waals surface area contributed by atoms with Crippen LogP contribution in [0.25, 0.3) is 0 Å². The highest BCUT2D eigenvalue weighted by atomic mass is 127. The number of rotatable bonds is 14. The molecule has 1 saturated carbocycles. The van der Waals surface area contributed by atoms with Gasteiger partial charge in [-0.15, -0.1) is 0 Å². The third-order valence-electron chi connectivity index (χ3n) is 5.76. The summed E-state index contributed by atoms with van der Waals surface area (Å²) in [4.78, 5) is 12.5. The normalized spacial score (nSPS) is 27.3. The lowest BCUT2D eigenvalue weighted by atomic mass is 9.84. The smallest absolute Gasteiger partial charge is 0.135 e. The molecule has 0 aromatic carbocycles. The fourth-order valence-corrected chi connectivity index (χ4v) is 5.15. The predicted molar refractivity (Wildman–Crippen MR) is 126 cm³/mol. The van der Waals surface area contributed by atoms with E-state index in [1.807, 2.05) is 46.0 Å². The van der Waals surface area contributed by atoms with Gasteiger partial charge >= 0.3 is 0 Å². The van der Waals surface area contributed by atoms with Gasteiger partial charge in [-0.2, -0.15) is 0 Å². The third-order valence-corrected chi connectivity index (χ3v) is 7.07. The summed E-state index contributed by atoms with van der Waals surface area (Å²) in [5, 5.41) is 0. The van der Waals surface area contributed by atoms with Gasteiger partial charge in [-0.3, -0.25) is 4.79 Å². The van der Waals surface area contributed by atoms with Gasteiger partial charge < -0.3 is 6.13 Å². The molecule has 0 aliphatic heterocycles. The molecule has 5 heteroatoms. The average Bonchev–Trinajstić information content (AvgIpc) is 3.00. The second-order valence-electron chi connectivity index (χ2n) is 7.72. The van der Waals surface area contributed by atoms with Crippen molar-refractivity contribution in [3.8, 4) is 0 Å². The molecule has 1 fully saturated rings. The van der Waals surface area contributed by atoms with E-state index in [1.54, 1.807) is 0 Å². The Bertz CT molecular complexity index is 414. The minimum absolute atomic E-state index is 0.194. The van der Waals surface area contributed by atoms with E-state index in [1.165, 1.54) is 12.8 Å². The Labute approximate surface area is 188 Å². The van der Waals surface area contributed by atoms with Crippen LogP contribution in [0.1, 0.15) is 85.0 Å². The molecule has 0 radical (unpaired) electrons. The van der Waals surface area contributed by atoms with E-state index in [-0.39, 0.29) is 18.1 Å². The zero-order valence-corrected chi connectivity index (χ0v) is 20.9. The maximum atomic E-state index is 12.5. The highest BCUT2D eigenvalue weighted by Gasteiger charge is 2.43. The molecule has 0 aromatic heterocycles. The van der Waals surface area contributed by atoms with Crippen LogP contribution in [-0.2, 0) is 10.9 Å². The van der Waals surface area contributed by atoms with Gasteiger partial charge in [0.15, 0.2) is 0 Å². The highest BCUT2D eigenvalue weighted by molar-refractivity contribution is 14.1. The van der Waals surface area contributed by atoms with E-state index in [2.05, 4.69) is 32.9 Å². The molecule has 0 saturated heterocycles. The Balaban J connectivity index is 2.63. The van der Waals surface area contributed by atoms with Gasteiger partial charge in [-0.1, -0.05) is 58.6 Å². The average molecular weight is 590 g/mol. The van der Waals surface area contributed by atoms with Gasteiger partial charge in [0.05, 0.1) is 12.2 Å². The summed E-state index contributed by atoms with van der Waals surface area (Å²) in [6, 6.07) is 0. The van der Waals surface area contributed by atoms with Crippen molar-refractivity contribution in [2.45, 2.75) is 97.2 Å². The summed E-state index contributed by atoms with van der Waals surface area (Å²) in [6.45, 7) is 6.49. The topological polar surface area (TPSA) is 35.5 Å². The number of carbonyl (C=O) groups is 1. The summed E-state index contributed by atoms with van der Waals surface area (Å²) in [5.74, 6) is 1.47. The highest BCUT2D eigenvalue weighted by Crippen LogP contribution is 2.43. The zero-order chi connectivity index (χ0) is 19.4. The van der Waals surface area contributed by atoms with Crippen LogP contribution in [-0.4, -0.2) is 18.0 Å². The number of ketones is 1. The van der Waals surface area contributed by atoms with Crippen molar-refractivity contribution in [1.82, 2.24) is 0 Å². The minimum Gasteiger partial charge on any atom is -0.312 e. The minimum atomic E-state index is 0.194. The molecule has 0 heterocycles. The standard InChI is InChI=1S/C21H36I2O3/c1-4-6-8-9-10-12-17-18(21(26-23)15-20(17)25-22)13-14-19(24)16(3)11-7-5-2/h9-10,16-18,20-21H,4-8,11-15H2,1-3H3/b10-9-/t16?,17-,18?,20+,21-/m1/s1. The first-order chi connectivity index (χ1) is 12.6. The van der Waals surface area contributed by atoms with Crippen LogP contribution in [0.5, 0.6) is 0 Å². The Kier molecular flexibility index (Phi) is 14.1. The van der Waals surface area contributed by atoms with E-state index in [0.717, 1.165) is 44.9 Å². The number of allylic oxidation sites excluding steroid dienone is 2. The third kappa shape index (κ3) is 8.43. The van der Waals surface area contributed by atoms with Crippen molar-refractivity contribution in [1.29, 1.82) is 0 Å². The SMILES string of the molecule is CCCC/C=C\C[C@@H]1C(CCC(=O)C(C)CCCC)[C@H](OI)C[C@@H]1OI. The molecule has 2 unspecified atom stereocenters. The molecule has 5 atom stereocenters. The summed E-state index contributed by atoms with van der Waals surface area (Å²) in [6.07, 6.45) is 15.6. The van der Waals surface area contributed by atoms with Crippen LogP contribution in [0.15, 0.2) is 12.2 Å². The molecule has 1 rings (SSSR count). The molecule has 3 nitrogen and oxygen atoms in total. The molecular formula is C21H36I2O3. The maximum Gasteiger partial charge on any atom is 0.135 e. The second-order valence-corrected chi connectivity index (χ2v) is 8.73. The number of carbonyl (C=O) groups excluding carboxylic acids is 1. The Morgan fingerprint density at radius 2 is 1.73 bits per heavy atom. The number of unbranched alkanes of at least 4 members (excludes halogenated alkanes) is 3. The number of Topliss-reactive ketones (excluding diaryl/α,β-unsaturated/α-hetero) is 1. The first kappa shape index (κ1) is 24.8. The quantitative estimate of drug-likeness (QED) is 0.120. The lowest BCUT2D eigenvalue weighted by Crippen LogP contribution is -2.24. The molecule has 0 N–H and O–H groups in total. The Morgan fingerprint density at radius 3 is 2.35 bits per heavy atom. The van der Waals surface area contributed by atoms with Crippen LogP contribution in [0.4, 0.5) is 0 Å². The Morgan fingerprint density at radius 1 is 1.08 bits per heavy atom. The van der Waals surface area contributed by atoms with Crippen LogP contribution >= 0.6 is 46.0 Å². The first-order valence-electron chi connectivity index (χ1n) is 10.3. The van der Waals surface area contributed by atoms with Gasteiger partial charge in [-0.05, 0) is 37.5 Å². The molecule has 1 aliphatic carbocycles. The van der Waals surface area contributed by atoms with Gasteiger partial charge in [-0.25, -0.2) is 0 Å². The van der Waals surface area contributed by atoms with Gasteiger partial charge in [0.1, 0.15) is 51.8 Å². The van der Waals surface area contributed by atoms with E-state index >= 15 is 0 Å². The molecule has 0 aromatic rings. The molecule has 152 valence electrons. The summed E-state index contributed by atoms with van der Waals surface area (Å²) in [5.41, 5.74) is 0. The molecule has 26 heavy (non-hydrogen) atoms. The predicted octanol–water partition coefficient (Wildman–Crippen LogP) is 7.41. The van der Waals surface area contributed by atoms with E-state index in [4.69, 9.17) is 6.13 Å². The van der Waals surface area contributed by atoms with Crippen LogP contribution in [0.2, 0.25) is 0 Å². The Hall–Kier alpha value is 0.790. The maximum absolute atomic E-state index is 12.5. The van der Waals surface area contributed by atoms with Gasteiger partial charge in [0, 0.05) is 18.8 Å². The monoisotopic (exact) mass is 590 g/mol. The number of hydrogen-bond donors (Lipinski definition) is 0. The lowest BCUT2D eigenvalue weighted by Gasteiger charge is -2.24. The molecule has 0 bridgehead atoms. The number of halogens is 2. The van der Waals surface area contributed by atoms with E-state index in [0.29, 0.717) is 24.0 Å². The van der Waals surface area contributed by atoms with Crippen molar-refractivity contribution < 1.29 is 10.9 Å². The van der Waals surface area contributed by atoms with Crippen molar-refractivity contribution in [3.05, 3.63) is 12.2 Å². The van der Waals surface area contributed by atoms with Crippen molar-refractivity contribution in [2.75, 3.05) is 0 Å². The number of hydrogen-bond acceptors (Lipinski definition) is 3. The summed E-state index contributed by atoms with van der Waals surface area (Å²) < 4.78 is 11.5. The largest absolute Gasteiger partial charge is 0.312 e. The lowest BCUT2D eigenvalue weighted by molar-refractivity contribution is -0.123. The van der Waals surface area contributed by atoms with Crippen molar-refractivity contribution in [2.24, 2.45) is 17.8 Å². The van der Waals surface area contributed by atoms with Gasteiger partial charge in [0.2, 0.25) is 0 Å². The van der Waals surface area contributed by atoms with Crippen molar-refractivity contribution >= 4 is 51.8 Å². The molecular weight excluding hydrogens is 554 g/mol. The molecule has 0 amide bonds. The van der Waals surface area contributed by atoms with Gasteiger partial charge in [0.25, 0.3) is 0 Å². The fourth-order valence-electron chi connectivity index (χ4n) is 3.98. The van der Waals surface area contributed by atoms with Crippen LogP contribution in [0.3, 0.4) is 0 Å². The fraction of sp³-hybridized carbons (Fsp3) is 0.857. The molecule has 1 aliphatic rings. The second kappa shape index (κ2) is 14.7. The zero-order valence-electron chi connectivity index (χ0n) is 16.6. The summed E-state index contributed by atoms with van der Waals surface area (Å²) >= 11 is 4.06. The molecule has 0 spiro atoms. The first-order valence-corrected chi connectivity index (χ1v) is 12.1. The van der Waals surface area contributed by atoms with E-state index in [9.17, 15) is 4.79 Å². The summed E-state index contributed by atoms with van der Waals surface area (Å²) in [7, 11) is 0. The van der Waals surface area contributed by atoms with Crippen molar-refractivity contribution in [3.63, 3.8) is 0 Å². The van der Waals surface area contributed by atoms with Crippen LogP contribution in [0, 0.1) is 17.8 Å².